The molecule has 3 aromatic carbocycles. The molecule has 5 heteroatoms. The van der Waals surface area contributed by atoms with Gasteiger partial charge in [0.2, 0.25) is 11.8 Å². The van der Waals surface area contributed by atoms with E-state index in [2.05, 4.69) is 11.4 Å². The van der Waals surface area contributed by atoms with E-state index < -0.39 is 6.04 Å². The third-order valence-electron chi connectivity index (χ3n) is 6.59. The van der Waals surface area contributed by atoms with Gasteiger partial charge in [0, 0.05) is 18.1 Å². The Balaban J connectivity index is 1.60. The number of benzene rings is 3. The van der Waals surface area contributed by atoms with Gasteiger partial charge in [0.1, 0.15) is 6.04 Å². The quantitative estimate of drug-likeness (QED) is 0.316. The molecule has 186 valence electrons. The van der Waals surface area contributed by atoms with Crippen LogP contribution in [0, 0.1) is 0 Å². The highest BCUT2D eigenvalue weighted by Gasteiger charge is 2.31. The molecular formula is C31H33ClN2O2. The maximum atomic E-state index is 13.7. The van der Waals surface area contributed by atoms with E-state index in [0.717, 1.165) is 36.0 Å². The molecule has 2 amide bonds. The summed E-state index contributed by atoms with van der Waals surface area (Å²) < 4.78 is 0. The second-order valence-corrected chi connectivity index (χ2v) is 9.71. The maximum Gasteiger partial charge on any atom is 0.247 e. The van der Waals surface area contributed by atoms with E-state index in [1.165, 1.54) is 18.4 Å². The number of carbonyl (C=O) groups is 2. The van der Waals surface area contributed by atoms with Crippen molar-refractivity contribution in [2.24, 2.45) is 0 Å². The molecule has 1 atom stereocenters. The molecule has 0 heterocycles. The first-order chi connectivity index (χ1) is 17.6. The number of nitrogens with one attached hydrogen (secondary N) is 1. The Labute approximate surface area is 219 Å². The first-order valence-electron chi connectivity index (χ1n) is 12.7. The van der Waals surface area contributed by atoms with Gasteiger partial charge in [-0.2, -0.15) is 0 Å². The molecule has 1 aliphatic rings. The minimum Gasteiger partial charge on any atom is -0.354 e. The minimum absolute atomic E-state index is 0.102. The minimum atomic E-state index is -0.738. The fourth-order valence-electron chi connectivity index (χ4n) is 4.66. The lowest BCUT2D eigenvalue weighted by Gasteiger charge is -2.32. The average molecular weight is 501 g/mol. The van der Waals surface area contributed by atoms with E-state index in [9.17, 15) is 9.59 Å². The van der Waals surface area contributed by atoms with Crippen molar-refractivity contribution in [3.8, 4) is 0 Å². The molecule has 4 nitrogen and oxygen atoms in total. The number of amides is 2. The molecule has 0 unspecified atom stereocenters. The summed E-state index contributed by atoms with van der Waals surface area (Å²) in [4.78, 5) is 29.1. The van der Waals surface area contributed by atoms with Crippen molar-refractivity contribution in [1.82, 2.24) is 10.2 Å². The largest absolute Gasteiger partial charge is 0.354 e. The number of hydrogen-bond donors (Lipinski definition) is 1. The summed E-state index contributed by atoms with van der Waals surface area (Å²) in [7, 11) is 0. The molecule has 0 spiro atoms. The standard InChI is InChI=1S/C31H33ClN2O2/c32-28-18-16-26(17-19-28)23-34(29(35)22-25-12-6-2-7-13-25)30(27-14-8-3-9-15-27)31(36)33-21-20-24-10-4-1-5-11-24/h2-3,6-10,12-19,30H,1,4-5,11,20-23H2,(H,33,36)/t30-/m1/s1. The first-order valence-corrected chi connectivity index (χ1v) is 13.1. The van der Waals surface area contributed by atoms with Gasteiger partial charge in [-0.25, -0.2) is 0 Å². The molecule has 1 N–H and O–H groups in total. The van der Waals surface area contributed by atoms with E-state index >= 15 is 0 Å². The molecule has 3 aromatic rings. The average Bonchev–Trinajstić information content (AvgIpc) is 2.91. The zero-order valence-corrected chi connectivity index (χ0v) is 21.3. The summed E-state index contributed by atoms with van der Waals surface area (Å²) in [6, 6.07) is 25.9. The van der Waals surface area contributed by atoms with Gasteiger partial charge < -0.3 is 10.2 Å². The van der Waals surface area contributed by atoms with Crippen LogP contribution in [-0.2, 0) is 22.6 Å². The second kappa shape index (κ2) is 13.1. The molecule has 0 aromatic heterocycles. The summed E-state index contributed by atoms with van der Waals surface area (Å²) in [6.45, 7) is 0.872. The van der Waals surface area contributed by atoms with Gasteiger partial charge in [0.05, 0.1) is 6.42 Å². The highest BCUT2D eigenvalue weighted by Crippen LogP contribution is 2.26. The predicted molar refractivity (Wildman–Crippen MR) is 146 cm³/mol. The maximum absolute atomic E-state index is 13.7. The molecule has 0 aliphatic heterocycles. The molecule has 0 bridgehead atoms. The summed E-state index contributed by atoms with van der Waals surface area (Å²) >= 11 is 6.10. The van der Waals surface area contributed by atoms with Crippen LogP contribution in [0.1, 0.15) is 54.8 Å². The van der Waals surface area contributed by atoms with Gasteiger partial charge >= 0.3 is 0 Å². The second-order valence-electron chi connectivity index (χ2n) is 9.27. The van der Waals surface area contributed by atoms with Crippen LogP contribution < -0.4 is 5.32 Å². The third kappa shape index (κ3) is 7.32. The fourth-order valence-corrected chi connectivity index (χ4v) is 4.79. The van der Waals surface area contributed by atoms with E-state index in [1.807, 2.05) is 84.9 Å². The zero-order chi connectivity index (χ0) is 25.2. The summed E-state index contributed by atoms with van der Waals surface area (Å²) in [5, 5.41) is 3.76. The smallest absolute Gasteiger partial charge is 0.247 e. The van der Waals surface area contributed by atoms with Gasteiger partial charge in [-0.15, -0.1) is 0 Å². The van der Waals surface area contributed by atoms with Crippen LogP contribution in [0.25, 0.3) is 0 Å². The first kappa shape index (κ1) is 25.7. The Bertz CT molecular complexity index is 1160. The Morgan fingerprint density at radius 1 is 0.861 bits per heavy atom. The number of allylic oxidation sites excluding steroid dienone is 1. The van der Waals surface area contributed by atoms with Gasteiger partial charge in [-0.05, 0) is 60.9 Å². The topological polar surface area (TPSA) is 49.4 Å². The van der Waals surface area contributed by atoms with Crippen molar-refractivity contribution in [3.05, 3.63) is 118 Å². The Morgan fingerprint density at radius 3 is 2.22 bits per heavy atom. The van der Waals surface area contributed by atoms with E-state index in [4.69, 9.17) is 11.6 Å². The molecule has 1 aliphatic carbocycles. The third-order valence-corrected chi connectivity index (χ3v) is 6.84. The van der Waals surface area contributed by atoms with Crippen molar-refractivity contribution < 1.29 is 9.59 Å². The number of halogens is 1. The number of nitrogens with zero attached hydrogens (tertiary/aromatic N) is 1. The van der Waals surface area contributed by atoms with E-state index in [0.29, 0.717) is 18.1 Å². The van der Waals surface area contributed by atoms with Gasteiger partial charge in [0.15, 0.2) is 0 Å². The van der Waals surface area contributed by atoms with Crippen molar-refractivity contribution in [2.75, 3.05) is 6.54 Å². The lowest BCUT2D eigenvalue weighted by Crippen LogP contribution is -2.44. The lowest BCUT2D eigenvalue weighted by atomic mass is 9.97. The highest BCUT2D eigenvalue weighted by molar-refractivity contribution is 6.30. The van der Waals surface area contributed by atoms with E-state index in [1.54, 1.807) is 4.90 Å². The van der Waals surface area contributed by atoms with Crippen molar-refractivity contribution in [1.29, 1.82) is 0 Å². The number of rotatable bonds is 10. The summed E-state index contributed by atoms with van der Waals surface area (Å²) in [5.74, 6) is -0.261. The van der Waals surface area contributed by atoms with Crippen LogP contribution in [0.5, 0.6) is 0 Å². The monoisotopic (exact) mass is 500 g/mol. The zero-order valence-electron chi connectivity index (χ0n) is 20.5. The normalized spacial score (nSPS) is 14.0. The number of hydrogen-bond acceptors (Lipinski definition) is 2. The van der Waals surface area contributed by atoms with Crippen molar-refractivity contribution in [3.63, 3.8) is 0 Å². The van der Waals surface area contributed by atoms with Crippen LogP contribution in [0.4, 0.5) is 0 Å². The predicted octanol–water partition coefficient (Wildman–Crippen LogP) is 6.66. The highest BCUT2D eigenvalue weighted by atomic mass is 35.5. The molecule has 0 fully saturated rings. The number of carbonyl (C=O) groups excluding carboxylic acids is 2. The fraction of sp³-hybridized carbons (Fsp3) is 0.290. The van der Waals surface area contributed by atoms with Gasteiger partial charge in [0.25, 0.3) is 0 Å². The van der Waals surface area contributed by atoms with Crippen LogP contribution in [-0.4, -0.2) is 23.3 Å². The summed E-state index contributed by atoms with van der Waals surface area (Å²) in [5.41, 5.74) is 4.04. The van der Waals surface area contributed by atoms with Gasteiger partial charge in [-0.3, -0.25) is 9.59 Å². The SMILES string of the molecule is O=C(NCCC1=CCCCC1)[C@@H](c1ccccc1)N(Cc1ccc(Cl)cc1)C(=O)Cc1ccccc1. The molecule has 0 saturated carbocycles. The van der Waals surface area contributed by atoms with Crippen molar-refractivity contribution in [2.45, 2.75) is 51.1 Å². The molecule has 0 radical (unpaired) electrons. The summed E-state index contributed by atoms with van der Waals surface area (Å²) in [6.07, 6.45) is 8.07. The lowest BCUT2D eigenvalue weighted by molar-refractivity contribution is -0.141. The Morgan fingerprint density at radius 2 is 1.56 bits per heavy atom. The van der Waals surface area contributed by atoms with Crippen LogP contribution in [0.2, 0.25) is 5.02 Å². The molecular weight excluding hydrogens is 468 g/mol. The van der Waals surface area contributed by atoms with E-state index in [-0.39, 0.29) is 18.2 Å². The van der Waals surface area contributed by atoms with Crippen LogP contribution >= 0.6 is 11.6 Å². The Hall–Kier alpha value is -3.37. The van der Waals surface area contributed by atoms with Crippen molar-refractivity contribution >= 4 is 23.4 Å². The van der Waals surface area contributed by atoms with Crippen LogP contribution in [0.15, 0.2) is 96.6 Å². The van der Waals surface area contributed by atoms with Crippen LogP contribution in [0.3, 0.4) is 0 Å². The molecule has 0 saturated heterocycles. The molecule has 4 rings (SSSR count). The van der Waals surface area contributed by atoms with Gasteiger partial charge in [-0.1, -0.05) is 96.0 Å². The Kier molecular flexibility index (Phi) is 9.34. The molecule has 36 heavy (non-hydrogen) atoms.